The molecule has 2 nitrogen and oxygen atoms in total. The molecule has 0 amide bonds. The van der Waals surface area contributed by atoms with Gasteiger partial charge in [-0.05, 0) is 57.7 Å². The van der Waals surface area contributed by atoms with Gasteiger partial charge in [-0.3, -0.25) is 0 Å². The van der Waals surface area contributed by atoms with Crippen LogP contribution in [0.25, 0.3) is 0 Å². The van der Waals surface area contributed by atoms with Crippen LogP contribution in [0.4, 0.5) is 0 Å². The Labute approximate surface area is 105 Å². The molecular formula is C15H25NO. The van der Waals surface area contributed by atoms with Crippen LogP contribution >= 0.6 is 0 Å². The first kappa shape index (κ1) is 14.2. The standard InChI is InChI=1S/C15H25NO/c1-6-17-15(4,5)14(16)10-13-8-7-11(2)12(3)9-13/h7-9,14H,6,10,16H2,1-5H3. The van der Waals surface area contributed by atoms with Gasteiger partial charge in [-0.1, -0.05) is 18.2 Å². The van der Waals surface area contributed by atoms with E-state index in [9.17, 15) is 0 Å². The van der Waals surface area contributed by atoms with Gasteiger partial charge in [0.2, 0.25) is 0 Å². The zero-order valence-corrected chi connectivity index (χ0v) is 11.7. The lowest BCUT2D eigenvalue weighted by Gasteiger charge is -2.31. The van der Waals surface area contributed by atoms with Crippen LogP contribution in [0, 0.1) is 13.8 Å². The van der Waals surface area contributed by atoms with Crippen LogP contribution in [0.3, 0.4) is 0 Å². The normalized spacial score (nSPS) is 13.8. The maximum atomic E-state index is 6.23. The summed E-state index contributed by atoms with van der Waals surface area (Å²) in [6, 6.07) is 6.55. The summed E-state index contributed by atoms with van der Waals surface area (Å²) in [5.41, 5.74) is 9.90. The summed E-state index contributed by atoms with van der Waals surface area (Å²) in [5, 5.41) is 0. The number of ether oxygens (including phenoxy) is 1. The second-order valence-corrected chi connectivity index (χ2v) is 5.27. The van der Waals surface area contributed by atoms with Crippen molar-refractivity contribution in [2.24, 2.45) is 5.73 Å². The zero-order chi connectivity index (χ0) is 13.1. The summed E-state index contributed by atoms with van der Waals surface area (Å²) in [6.07, 6.45) is 0.855. The Bertz CT molecular complexity index is 371. The molecule has 2 heteroatoms. The molecule has 0 aromatic heterocycles. The van der Waals surface area contributed by atoms with Crippen molar-refractivity contribution in [3.05, 3.63) is 34.9 Å². The van der Waals surface area contributed by atoms with E-state index >= 15 is 0 Å². The molecule has 0 fully saturated rings. The molecule has 1 aromatic rings. The predicted molar refractivity (Wildman–Crippen MR) is 73.3 cm³/mol. The summed E-state index contributed by atoms with van der Waals surface area (Å²) in [4.78, 5) is 0. The van der Waals surface area contributed by atoms with Crippen LogP contribution in [0.2, 0.25) is 0 Å². The van der Waals surface area contributed by atoms with Crippen LogP contribution in [-0.2, 0) is 11.2 Å². The highest BCUT2D eigenvalue weighted by atomic mass is 16.5. The van der Waals surface area contributed by atoms with Crippen molar-refractivity contribution in [2.45, 2.75) is 52.7 Å². The average Bonchev–Trinajstić information content (AvgIpc) is 2.23. The molecule has 0 bridgehead atoms. The number of aryl methyl sites for hydroxylation is 2. The molecule has 0 saturated heterocycles. The maximum absolute atomic E-state index is 6.23. The topological polar surface area (TPSA) is 35.2 Å². The molecule has 2 N–H and O–H groups in total. The van der Waals surface area contributed by atoms with Crippen molar-refractivity contribution in [3.63, 3.8) is 0 Å². The Morgan fingerprint density at radius 1 is 1.24 bits per heavy atom. The number of benzene rings is 1. The fourth-order valence-corrected chi connectivity index (χ4v) is 1.91. The number of rotatable bonds is 5. The van der Waals surface area contributed by atoms with Crippen molar-refractivity contribution in [3.8, 4) is 0 Å². The van der Waals surface area contributed by atoms with E-state index in [4.69, 9.17) is 10.5 Å². The molecule has 1 atom stereocenters. The largest absolute Gasteiger partial charge is 0.374 e. The molecule has 17 heavy (non-hydrogen) atoms. The monoisotopic (exact) mass is 235 g/mol. The van der Waals surface area contributed by atoms with E-state index in [1.54, 1.807) is 0 Å². The third-order valence-electron chi connectivity index (χ3n) is 3.44. The first-order valence-corrected chi connectivity index (χ1v) is 6.32. The van der Waals surface area contributed by atoms with Crippen LogP contribution in [0.15, 0.2) is 18.2 Å². The van der Waals surface area contributed by atoms with Gasteiger partial charge in [0.25, 0.3) is 0 Å². The van der Waals surface area contributed by atoms with E-state index in [-0.39, 0.29) is 11.6 Å². The van der Waals surface area contributed by atoms with E-state index in [0.717, 1.165) is 6.42 Å². The van der Waals surface area contributed by atoms with Gasteiger partial charge in [0.1, 0.15) is 0 Å². The van der Waals surface area contributed by atoms with Crippen molar-refractivity contribution < 1.29 is 4.74 Å². The van der Waals surface area contributed by atoms with Gasteiger partial charge >= 0.3 is 0 Å². The van der Waals surface area contributed by atoms with E-state index in [0.29, 0.717) is 6.61 Å². The molecule has 96 valence electrons. The van der Waals surface area contributed by atoms with Gasteiger partial charge in [-0.15, -0.1) is 0 Å². The van der Waals surface area contributed by atoms with Gasteiger partial charge < -0.3 is 10.5 Å². The Balaban J connectivity index is 2.73. The fraction of sp³-hybridized carbons (Fsp3) is 0.600. The average molecular weight is 235 g/mol. The first-order valence-electron chi connectivity index (χ1n) is 6.32. The molecule has 0 aliphatic rings. The van der Waals surface area contributed by atoms with Crippen molar-refractivity contribution in [2.75, 3.05) is 6.61 Å². The van der Waals surface area contributed by atoms with Gasteiger partial charge in [0, 0.05) is 12.6 Å². The number of hydrogen-bond acceptors (Lipinski definition) is 2. The molecule has 0 spiro atoms. The van der Waals surface area contributed by atoms with Crippen molar-refractivity contribution >= 4 is 0 Å². The minimum Gasteiger partial charge on any atom is -0.374 e. The van der Waals surface area contributed by atoms with Crippen LogP contribution in [0.1, 0.15) is 37.5 Å². The fourth-order valence-electron chi connectivity index (χ4n) is 1.91. The van der Waals surface area contributed by atoms with Crippen LogP contribution in [0.5, 0.6) is 0 Å². The highest BCUT2D eigenvalue weighted by molar-refractivity contribution is 5.30. The molecule has 1 aromatic carbocycles. The van der Waals surface area contributed by atoms with E-state index in [2.05, 4.69) is 45.9 Å². The third-order valence-corrected chi connectivity index (χ3v) is 3.44. The van der Waals surface area contributed by atoms with E-state index < -0.39 is 0 Å². The smallest absolute Gasteiger partial charge is 0.0779 e. The minimum absolute atomic E-state index is 0.0181. The van der Waals surface area contributed by atoms with Gasteiger partial charge in [-0.25, -0.2) is 0 Å². The Morgan fingerprint density at radius 3 is 2.41 bits per heavy atom. The highest BCUT2D eigenvalue weighted by Crippen LogP contribution is 2.18. The number of hydrogen-bond donors (Lipinski definition) is 1. The van der Waals surface area contributed by atoms with Gasteiger partial charge in [0.05, 0.1) is 5.60 Å². The molecule has 1 unspecified atom stereocenters. The molecule has 0 saturated carbocycles. The molecular weight excluding hydrogens is 210 g/mol. The third kappa shape index (κ3) is 3.83. The van der Waals surface area contributed by atoms with Crippen molar-refractivity contribution in [1.82, 2.24) is 0 Å². The molecule has 0 aliphatic carbocycles. The lowest BCUT2D eigenvalue weighted by molar-refractivity contribution is -0.0288. The SMILES string of the molecule is CCOC(C)(C)C(N)Cc1ccc(C)c(C)c1. The summed E-state index contributed by atoms with van der Waals surface area (Å²) in [6.45, 7) is 11.1. The van der Waals surface area contributed by atoms with Crippen molar-refractivity contribution in [1.29, 1.82) is 0 Å². The molecule has 1 rings (SSSR count). The second-order valence-electron chi connectivity index (χ2n) is 5.27. The van der Waals surface area contributed by atoms with E-state index in [1.807, 2.05) is 6.92 Å². The van der Waals surface area contributed by atoms with Crippen LogP contribution in [-0.4, -0.2) is 18.2 Å². The Morgan fingerprint density at radius 2 is 1.88 bits per heavy atom. The maximum Gasteiger partial charge on any atom is 0.0779 e. The minimum atomic E-state index is -0.270. The summed E-state index contributed by atoms with van der Waals surface area (Å²) >= 11 is 0. The van der Waals surface area contributed by atoms with Gasteiger partial charge in [-0.2, -0.15) is 0 Å². The Hall–Kier alpha value is -0.860. The second kappa shape index (κ2) is 5.65. The quantitative estimate of drug-likeness (QED) is 0.851. The summed E-state index contributed by atoms with van der Waals surface area (Å²) in [7, 11) is 0. The first-order chi connectivity index (χ1) is 7.86. The van der Waals surface area contributed by atoms with Gasteiger partial charge in [0.15, 0.2) is 0 Å². The highest BCUT2D eigenvalue weighted by Gasteiger charge is 2.26. The van der Waals surface area contributed by atoms with Crippen LogP contribution < -0.4 is 5.73 Å². The summed E-state index contributed by atoms with van der Waals surface area (Å²) in [5.74, 6) is 0. The molecule has 0 heterocycles. The predicted octanol–water partition coefficient (Wildman–Crippen LogP) is 2.99. The number of nitrogens with two attached hydrogens (primary N) is 1. The zero-order valence-electron chi connectivity index (χ0n) is 11.7. The van der Waals surface area contributed by atoms with E-state index in [1.165, 1.54) is 16.7 Å². The molecule has 0 radical (unpaired) electrons. The molecule has 0 aliphatic heterocycles. The summed E-state index contributed by atoms with van der Waals surface area (Å²) < 4.78 is 5.69. The lowest BCUT2D eigenvalue weighted by Crippen LogP contribution is -2.46. The lowest BCUT2D eigenvalue weighted by atomic mass is 9.92. The Kier molecular flexibility index (Phi) is 4.72.